The van der Waals surface area contributed by atoms with Crippen LogP contribution in [0.5, 0.6) is 0 Å². The van der Waals surface area contributed by atoms with Crippen LogP contribution in [0, 0.1) is 12.8 Å². The Hall–Kier alpha value is -2.04. The zero-order valence-corrected chi connectivity index (χ0v) is 12.7. The number of nitrogens with zero attached hydrogens (tertiary/aromatic N) is 1. The van der Waals surface area contributed by atoms with Gasteiger partial charge in [0.2, 0.25) is 5.91 Å². The largest absolute Gasteiger partial charge is 0.399 e. The van der Waals surface area contributed by atoms with Crippen LogP contribution in [0.15, 0.2) is 18.2 Å². The third-order valence-electron chi connectivity index (χ3n) is 4.15. The van der Waals surface area contributed by atoms with Crippen molar-refractivity contribution in [2.75, 3.05) is 25.9 Å². The summed E-state index contributed by atoms with van der Waals surface area (Å²) in [7, 11) is 1.66. The summed E-state index contributed by atoms with van der Waals surface area (Å²) in [6, 6.07) is 5.43. The van der Waals surface area contributed by atoms with Gasteiger partial charge in [-0.15, -0.1) is 0 Å². The lowest BCUT2D eigenvalue weighted by Crippen LogP contribution is -2.39. The van der Waals surface area contributed by atoms with E-state index in [0.29, 0.717) is 36.7 Å². The van der Waals surface area contributed by atoms with Crippen LogP contribution in [0.2, 0.25) is 0 Å². The normalized spacial score (nSPS) is 15.8. The molecule has 5 heteroatoms. The molecule has 1 aliphatic rings. The molecule has 1 fully saturated rings. The first kappa shape index (κ1) is 15.4. The summed E-state index contributed by atoms with van der Waals surface area (Å²) in [6.07, 6.45) is 2.30. The van der Waals surface area contributed by atoms with Gasteiger partial charge in [0.15, 0.2) is 0 Å². The number of amides is 2. The van der Waals surface area contributed by atoms with Crippen molar-refractivity contribution in [3.63, 3.8) is 0 Å². The maximum atomic E-state index is 12.5. The van der Waals surface area contributed by atoms with E-state index in [2.05, 4.69) is 5.32 Å². The number of aryl methyl sites for hydroxylation is 1. The third kappa shape index (κ3) is 3.74. The number of rotatable bonds is 3. The Morgan fingerprint density at radius 1 is 1.33 bits per heavy atom. The summed E-state index contributed by atoms with van der Waals surface area (Å²) in [5, 5.41) is 2.65. The first-order chi connectivity index (χ1) is 10.0. The monoisotopic (exact) mass is 289 g/mol. The number of hydrogen-bond acceptors (Lipinski definition) is 3. The maximum absolute atomic E-state index is 12.5. The summed E-state index contributed by atoms with van der Waals surface area (Å²) in [5.74, 6) is 0.487. The van der Waals surface area contributed by atoms with Gasteiger partial charge in [0, 0.05) is 37.8 Å². The van der Waals surface area contributed by atoms with Crippen molar-refractivity contribution in [3.8, 4) is 0 Å². The second-order valence-electron chi connectivity index (χ2n) is 5.69. The molecule has 0 radical (unpaired) electrons. The van der Waals surface area contributed by atoms with Crippen molar-refractivity contribution in [1.82, 2.24) is 10.2 Å². The molecule has 1 aromatic carbocycles. The molecule has 114 valence electrons. The lowest BCUT2D eigenvalue weighted by molar-refractivity contribution is -0.121. The van der Waals surface area contributed by atoms with E-state index in [9.17, 15) is 9.59 Å². The highest BCUT2D eigenvalue weighted by Gasteiger charge is 2.25. The number of likely N-dealkylation sites (tertiary alicyclic amines) is 1. The zero-order chi connectivity index (χ0) is 15.4. The molecule has 2 rings (SSSR count). The first-order valence-corrected chi connectivity index (χ1v) is 7.37. The molecule has 0 atom stereocenters. The Kier molecular flexibility index (Phi) is 4.83. The molecule has 21 heavy (non-hydrogen) atoms. The molecule has 0 spiro atoms. The number of anilines is 1. The van der Waals surface area contributed by atoms with E-state index in [0.717, 1.165) is 18.4 Å². The fraction of sp³-hybridized carbons (Fsp3) is 0.500. The zero-order valence-electron chi connectivity index (χ0n) is 12.7. The van der Waals surface area contributed by atoms with Crippen molar-refractivity contribution in [1.29, 1.82) is 0 Å². The van der Waals surface area contributed by atoms with Gasteiger partial charge in [-0.05, 0) is 43.4 Å². The summed E-state index contributed by atoms with van der Waals surface area (Å²) < 4.78 is 0. The highest BCUT2D eigenvalue weighted by molar-refractivity contribution is 5.96. The Morgan fingerprint density at radius 3 is 2.62 bits per heavy atom. The van der Waals surface area contributed by atoms with Gasteiger partial charge < -0.3 is 16.0 Å². The molecular formula is C16H23N3O2. The van der Waals surface area contributed by atoms with Gasteiger partial charge in [0.25, 0.3) is 5.91 Å². The van der Waals surface area contributed by atoms with Crippen LogP contribution in [0.4, 0.5) is 5.69 Å². The minimum absolute atomic E-state index is 0.0400. The number of piperidine rings is 1. The van der Waals surface area contributed by atoms with Crippen LogP contribution in [0.1, 0.15) is 35.2 Å². The van der Waals surface area contributed by atoms with Gasteiger partial charge in [-0.2, -0.15) is 0 Å². The molecule has 0 saturated carbocycles. The molecule has 0 unspecified atom stereocenters. The van der Waals surface area contributed by atoms with Crippen molar-refractivity contribution in [2.24, 2.45) is 5.92 Å². The lowest BCUT2D eigenvalue weighted by atomic mass is 9.92. The molecule has 1 aliphatic heterocycles. The van der Waals surface area contributed by atoms with Gasteiger partial charge >= 0.3 is 0 Å². The number of hydrogen-bond donors (Lipinski definition) is 2. The molecule has 1 saturated heterocycles. The van der Waals surface area contributed by atoms with Crippen molar-refractivity contribution >= 4 is 17.5 Å². The van der Waals surface area contributed by atoms with Crippen molar-refractivity contribution < 1.29 is 9.59 Å². The summed E-state index contributed by atoms with van der Waals surface area (Å²) in [4.78, 5) is 25.8. The van der Waals surface area contributed by atoms with Crippen LogP contribution < -0.4 is 11.1 Å². The number of nitrogens with one attached hydrogen (secondary N) is 1. The van der Waals surface area contributed by atoms with Gasteiger partial charge in [0.05, 0.1) is 0 Å². The van der Waals surface area contributed by atoms with E-state index in [-0.39, 0.29) is 11.8 Å². The molecule has 5 nitrogen and oxygen atoms in total. The Morgan fingerprint density at radius 2 is 2.00 bits per heavy atom. The molecule has 0 bridgehead atoms. The number of carbonyl (C=O) groups is 2. The number of nitrogens with two attached hydrogens (primary N) is 1. The maximum Gasteiger partial charge on any atom is 0.254 e. The Balaban J connectivity index is 1.97. The van der Waals surface area contributed by atoms with Gasteiger partial charge in [-0.3, -0.25) is 9.59 Å². The van der Waals surface area contributed by atoms with Crippen LogP contribution in [-0.2, 0) is 4.79 Å². The molecule has 1 aromatic rings. The van der Waals surface area contributed by atoms with Crippen LogP contribution >= 0.6 is 0 Å². The van der Waals surface area contributed by atoms with Crippen LogP contribution in [0.3, 0.4) is 0 Å². The summed E-state index contributed by atoms with van der Waals surface area (Å²) >= 11 is 0. The predicted molar refractivity (Wildman–Crippen MR) is 82.9 cm³/mol. The van der Waals surface area contributed by atoms with Gasteiger partial charge in [-0.25, -0.2) is 0 Å². The van der Waals surface area contributed by atoms with Crippen molar-refractivity contribution in [2.45, 2.75) is 26.2 Å². The molecule has 2 amide bonds. The quantitative estimate of drug-likeness (QED) is 0.829. The van der Waals surface area contributed by atoms with E-state index < -0.39 is 0 Å². The van der Waals surface area contributed by atoms with E-state index in [1.54, 1.807) is 13.1 Å². The fourth-order valence-electron chi connectivity index (χ4n) is 2.74. The number of benzene rings is 1. The second kappa shape index (κ2) is 6.61. The lowest BCUT2D eigenvalue weighted by Gasteiger charge is -2.32. The first-order valence-electron chi connectivity index (χ1n) is 7.37. The Bertz CT molecular complexity index is 534. The third-order valence-corrected chi connectivity index (χ3v) is 4.15. The standard InChI is InChI=1S/C16H23N3O2/c1-11-3-4-13(17)10-14(11)16(21)19-7-5-12(6-8-19)9-15(20)18-2/h3-4,10,12H,5-9,17H2,1-2H3,(H,18,20). The predicted octanol–water partition coefficient (Wildman–Crippen LogP) is 1.57. The Labute approximate surface area is 125 Å². The average molecular weight is 289 g/mol. The minimum Gasteiger partial charge on any atom is -0.399 e. The van der Waals surface area contributed by atoms with E-state index in [1.165, 1.54) is 0 Å². The summed E-state index contributed by atoms with van der Waals surface area (Å²) in [5.41, 5.74) is 8.01. The SMILES string of the molecule is CNC(=O)CC1CCN(C(=O)c2cc(N)ccc2C)CC1. The van der Waals surface area contributed by atoms with E-state index >= 15 is 0 Å². The second-order valence-corrected chi connectivity index (χ2v) is 5.69. The smallest absolute Gasteiger partial charge is 0.254 e. The molecule has 1 heterocycles. The number of nitrogen functional groups attached to an aromatic ring is 1. The highest BCUT2D eigenvalue weighted by Crippen LogP contribution is 2.23. The van der Waals surface area contributed by atoms with E-state index in [1.807, 2.05) is 24.0 Å². The van der Waals surface area contributed by atoms with Crippen LogP contribution in [0.25, 0.3) is 0 Å². The fourth-order valence-corrected chi connectivity index (χ4v) is 2.74. The van der Waals surface area contributed by atoms with Gasteiger partial charge in [-0.1, -0.05) is 6.07 Å². The molecule has 3 N–H and O–H groups in total. The van der Waals surface area contributed by atoms with Gasteiger partial charge in [0.1, 0.15) is 0 Å². The number of carbonyl (C=O) groups excluding carboxylic acids is 2. The highest BCUT2D eigenvalue weighted by atomic mass is 16.2. The molecular weight excluding hydrogens is 266 g/mol. The minimum atomic E-state index is 0.0400. The average Bonchev–Trinajstić information content (AvgIpc) is 2.49. The van der Waals surface area contributed by atoms with Crippen LogP contribution in [-0.4, -0.2) is 36.9 Å². The van der Waals surface area contributed by atoms with Crippen molar-refractivity contribution in [3.05, 3.63) is 29.3 Å². The molecule has 0 aromatic heterocycles. The topological polar surface area (TPSA) is 75.4 Å². The van der Waals surface area contributed by atoms with E-state index in [4.69, 9.17) is 5.73 Å². The molecule has 0 aliphatic carbocycles. The summed E-state index contributed by atoms with van der Waals surface area (Å²) in [6.45, 7) is 3.33.